The van der Waals surface area contributed by atoms with Crippen LogP contribution >= 0.6 is 15.9 Å². The van der Waals surface area contributed by atoms with E-state index in [0.717, 1.165) is 40.6 Å². The molecule has 80 valence electrons. The van der Waals surface area contributed by atoms with Crippen LogP contribution in [-0.4, -0.2) is 21.7 Å². The van der Waals surface area contributed by atoms with Crippen molar-refractivity contribution in [1.29, 1.82) is 0 Å². The van der Waals surface area contributed by atoms with Crippen LogP contribution in [0.1, 0.15) is 18.7 Å². The first-order valence-corrected chi connectivity index (χ1v) is 5.84. The van der Waals surface area contributed by atoms with Gasteiger partial charge in [0.25, 0.3) is 0 Å². The molecule has 0 fully saturated rings. The topological polar surface area (TPSA) is 48.9 Å². The molecular formula is C11H13BrN2O. The number of benzene rings is 1. The largest absolute Gasteiger partial charge is 0.396 e. The van der Waals surface area contributed by atoms with Crippen molar-refractivity contribution in [1.82, 2.24) is 9.97 Å². The van der Waals surface area contributed by atoms with Gasteiger partial charge in [-0.05, 0) is 31.0 Å². The maximum Gasteiger partial charge on any atom is 0.107 e. The van der Waals surface area contributed by atoms with Crippen LogP contribution in [0.15, 0.2) is 22.7 Å². The fraction of sp³-hybridized carbons (Fsp3) is 0.364. The zero-order chi connectivity index (χ0) is 10.7. The molecule has 0 saturated heterocycles. The summed E-state index contributed by atoms with van der Waals surface area (Å²) >= 11 is 3.42. The molecule has 2 rings (SSSR count). The quantitative estimate of drug-likeness (QED) is 0.838. The van der Waals surface area contributed by atoms with Crippen LogP contribution < -0.4 is 0 Å². The first-order valence-electron chi connectivity index (χ1n) is 5.04. The van der Waals surface area contributed by atoms with Crippen LogP contribution in [0, 0.1) is 0 Å². The number of aromatic nitrogens is 2. The van der Waals surface area contributed by atoms with Crippen LogP contribution in [0.4, 0.5) is 0 Å². The van der Waals surface area contributed by atoms with Crippen molar-refractivity contribution in [2.24, 2.45) is 0 Å². The zero-order valence-electron chi connectivity index (χ0n) is 8.33. The smallest absolute Gasteiger partial charge is 0.107 e. The van der Waals surface area contributed by atoms with Crippen LogP contribution in [0.2, 0.25) is 0 Å². The van der Waals surface area contributed by atoms with Crippen molar-refractivity contribution < 1.29 is 5.11 Å². The van der Waals surface area contributed by atoms with E-state index in [1.165, 1.54) is 0 Å². The Morgan fingerprint density at radius 3 is 3.00 bits per heavy atom. The van der Waals surface area contributed by atoms with Gasteiger partial charge in [0.2, 0.25) is 0 Å². The third kappa shape index (κ3) is 2.58. The molecule has 1 heterocycles. The molecule has 1 aromatic carbocycles. The number of hydrogen-bond donors (Lipinski definition) is 2. The summed E-state index contributed by atoms with van der Waals surface area (Å²) in [6.45, 7) is 0.256. The molecule has 0 saturated carbocycles. The second-order valence-electron chi connectivity index (χ2n) is 3.53. The highest BCUT2D eigenvalue weighted by atomic mass is 79.9. The second-order valence-corrected chi connectivity index (χ2v) is 4.44. The Morgan fingerprint density at radius 1 is 1.33 bits per heavy atom. The maximum atomic E-state index is 8.68. The average Bonchev–Trinajstić information content (AvgIpc) is 2.60. The van der Waals surface area contributed by atoms with Gasteiger partial charge in [0.1, 0.15) is 5.82 Å². The SMILES string of the molecule is OCCCCc1nc2ccc(Br)cc2[nH]1. The summed E-state index contributed by atoms with van der Waals surface area (Å²) in [7, 11) is 0. The molecule has 4 heteroatoms. The summed E-state index contributed by atoms with van der Waals surface area (Å²) in [5, 5.41) is 8.68. The Labute approximate surface area is 96.7 Å². The lowest BCUT2D eigenvalue weighted by Gasteiger charge is -1.93. The van der Waals surface area contributed by atoms with Crippen LogP contribution in [0.5, 0.6) is 0 Å². The van der Waals surface area contributed by atoms with E-state index in [9.17, 15) is 0 Å². The van der Waals surface area contributed by atoms with Gasteiger partial charge in [0.05, 0.1) is 11.0 Å². The van der Waals surface area contributed by atoms with Crippen molar-refractivity contribution in [3.63, 3.8) is 0 Å². The summed E-state index contributed by atoms with van der Waals surface area (Å²) in [6.07, 6.45) is 2.70. The van der Waals surface area contributed by atoms with Crippen molar-refractivity contribution in [3.8, 4) is 0 Å². The molecule has 0 aliphatic carbocycles. The average molecular weight is 269 g/mol. The van der Waals surface area contributed by atoms with E-state index in [-0.39, 0.29) is 6.61 Å². The van der Waals surface area contributed by atoms with Gasteiger partial charge < -0.3 is 10.1 Å². The molecule has 0 radical (unpaired) electrons. The zero-order valence-corrected chi connectivity index (χ0v) is 9.92. The number of H-pyrrole nitrogens is 1. The van der Waals surface area contributed by atoms with Crippen LogP contribution in [0.25, 0.3) is 11.0 Å². The third-order valence-corrected chi connectivity index (χ3v) is 2.81. The van der Waals surface area contributed by atoms with E-state index < -0.39 is 0 Å². The highest BCUT2D eigenvalue weighted by molar-refractivity contribution is 9.10. The highest BCUT2D eigenvalue weighted by Crippen LogP contribution is 2.18. The number of aryl methyl sites for hydroxylation is 1. The third-order valence-electron chi connectivity index (χ3n) is 2.31. The molecule has 0 amide bonds. The monoisotopic (exact) mass is 268 g/mol. The Bertz CT molecular complexity index is 453. The minimum Gasteiger partial charge on any atom is -0.396 e. The molecule has 2 aromatic rings. The minimum atomic E-state index is 0.256. The number of hydrogen-bond acceptors (Lipinski definition) is 2. The lowest BCUT2D eigenvalue weighted by Crippen LogP contribution is -1.90. The summed E-state index contributed by atoms with van der Waals surface area (Å²) < 4.78 is 1.06. The molecule has 0 aliphatic heterocycles. The molecular weight excluding hydrogens is 256 g/mol. The summed E-state index contributed by atoms with van der Waals surface area (Å²) in [5.41, 5.74) is 2.06. The standard InChI is InChI=1S/C11H13BrN2O/c12-8-4-5-9-10(7-8)14-11(13-9)3-1-2-6-15/h4-5,7,15H,1-3,6H2,(H,13,14). The second kappa shape index (κ2) is 4.77. The van der Waals surface area contributed by atoms with Crippen LogP contribution in [0.3, 0.4) is 0 Å². The van der Waals surface area contributed by atoms with E-state index in [0.29, 0.717) is 0 Å². The Kier molecular flexibility index (Phi) is 3.38. The molecule has 0 aliphatic rings. The molecule has 0 atom stereocenters. The number of unbranched alkanes of at least 4 members (excludes halogenated alkanes) is 1. The normalized spacial score (nSPS) is 11.1. The Morgan fingerprint density at radius 2 is 2.20 bits per heavy atom. The number of nitrogens with one attached hydrogen (secondary N) is 1. The molecule has 3 nitrogen and oxygen atoms in total. The van der Waals surface area contributed by atoms with Gasteiger partial charge in [-0.15, -0.1) is 0 Å². The number of nitrogens with zero attached hydrogens (tertiary/aromatic N) is 1. The fourth-order valence-corrected chi connectivity index (χ4v) is 1.92. The van der Waals surface area contributed by atoms with Gasteiger partial charge in [0, 0.05) is 17.5 Å². The van der Waals surface area contributed by atoms with Gasteiger partial charge in [0.15, 0.2) is 0 Å². The fourth-order valence-electron chi connectivity index (χ4n) is 1.56. The van der Waals surface area contributed by atoms with E-state index in [4.69, 9.17) is 5.11 Å². The molecule has 0 bridgehead atoms. The number of halogens is 1. The molecule has 0 unspecified atom stereocenters. The number of imidazole rings is 1. The molecule has 1 aromatic heterocycles. The Hall–Kier alpha value is -0.870. The summed E-state index contributed by atoms with van der Waals surface area (Å²) in [4.78, 5) is 7.74. The minimum absolute atomic E-state index is 0.256. The number of rotatable bonds is 4. The first kappa shape index (κ1) is 10.6. The Balaban J connectivity index is 2.16. The van der Waals surface area contributed by atoms with E-state index >= 15 is 0 Å². The van der Waals surface area contributed by atoms with Gasteiger partial charge in [-0.1, -0.05) is 15.9 Å². The highest BCUT2D eigenvalue weighted by Gasteiger charge is 2.02. The van der Waals surface area contributed by atoms with Gasteiger partial charge in [-0.2, -0.15) is 0 Å². The lowest BCUT2D eigenvalue weighted by atomic mass is 10.2. The summed E-state index contributed by atoms with van der Waals surface area (Å²) in [5.74, 6) is 0.997. The van der Waals surface area contributed by atoms with Crippen molar-refractivity contribution in [2.75, 3.05) is 6.61 Å². The first-order chi connectivity index (χ1) is 7.29. The number of aliphatic hydroxyl groups is 1. The van der Waals surface area contributed by atoms with Gasteiger partial charge >= 0.3 is 0 Å². The number of aliphatic hydroxyl groups excluding tert-OH is 1. The number of fused-ring (bicyclic) bond motifs is 1. The predicted molar refractivity (Wildman–Crippen MR) is 63.8 cm³/mol. The molecule has 15 heavy (non-hydrogen) atoms. The van der Waals surface area contributed by atoms with Gasteiger partial charge in [-0.3, -0.25) is 0 Å². The molecule has 2 N–H and O–H groups in total. The number of aromatic amines is 1. The molecule has 0 spiro atoms. The van der Waals surface area contributed by atoms with E-state index in [1.54, 1.807) is 0 Å². The van der Waals surface area contributed by atoms with Crippen molar-refractivity contribution in [3.05, 3.63) is 28.5 Å². The van der Waals surface area contributed by atoms with Crippen LogP contribution in [-0.2, 0) is 6.42 Å². The van der Waals surface area contributed by atoms with E-state index in [2.05, 4.69) is 25.9 Å². The van der Waals surface area contributed by atoms with Crippen molar-refractivity contribution in [2.45, 2.75) is 19.3 Å². The summed E-state index contributed by atoms with van der Waals surface area (Å²) in [6, 6.07) is 6.00. The van der Waals surface area contributed by atoms with E-state index in [1.807, 2.05) is 18.2 Å². The van der Waals surface area contributed by atoms with Gasteiger partial charge in [-0.25, -0.2) is 4.98 Å². The lowest BCUT2D eigenvalue weighted by molar-refractivity contribution is 0.284. The maximum absolute atomic E-state index is 8.68. The predicted octanol–water partition coefficient (Wildman–Crippen LogP) is 2.64. The van der Waals surface area contributed by atoms with Crippen molar-refractivity contribution >= 4 is 27.0 Å².